The molecule has 1 N–H and O–H groups in total. The summed E-state index contributed by atoms with van der Waals surface area (Å²) in [5.41, 5.74) is 2.87. The van der Waals surface area contributed by atoms with Crippen molar-refractivity contribution in [1.29, 1.82) is 0 Å². The summed E-state index contributed by atoms with van der Waals surface area (Å²) in [6.45, 7) is 3.00. The number of alkyl halides is 3. The van der Waals surface area contributed by atoms with E-state index < -0.39 is 11.7 Å². The molecule has 0 aliphatic carbocycles. The molecule has 0 saturated heterocycles. The molecular formula is C20H24F3N. The van der Waals surface area contributed by atoms with E-state index in [-0.39, 0.29) is 0 Å². The summed E-state index contributed by atoms with van der Waals surface area (Å²) in [5, 5.41) is 3.16. The molecule has 2 aromatic rings. The van der Waals surface area contributed by atoms with Gasteiger partial charge in [0, 0.05) is 0 Å². The van der Waals surface area contributed by atoms with Crippen LogP contribution in [-0.4, -0.2) is 13.6 Å². The van der Waals surface area contributed by atoms with Crippen LogP contribution in [0, 0.1) is 0 Å². The Morgan fingerprint density at radius 1 is 0.917 bits per heavy atom. The van der Waals surface area contributed by atoms with Gasteiger partial charge in [-0.1, -0.05) is 43.3 Å². The van der Waals surface area contributed by atoms with Gasteiger partial charge >= 0.3 is 6.18 Å². The third-order valence-electron chi connectivity index (χ3n) is 4.37. The Hall–Kier alpha value is -1.81. The lowest BCUT2D eigenvalue weighted by molar-refractivity contribution is -0.137. The first-order valence-corrected chi connectivity index (χ1v) is 8.33. The monoisotopic (exact) mass is 335 g/mol. The van der Waals surface area contributed by atoms with Crippen molar-refractivity contribution >= 4 is 0 Å². The minimum Gasteiger partial charge on any atom is -0.320 e. The molecule has 2 rings (SSSR count). The highest BCUT2D eigenvalue weighted by atomic mass is 19.4. The van der Waals surface area contributed by atoms with Gasteiger partial charge in [0.2, 0.25) is 0 Å². The number of hydrogen-bond acceptors (Lipinski definition) is 1. The molecule has 0 amide bonds. The highest BCUT2D eigenvalue weighted by Gasteiger charge is 2.30. The van der Waals surface area contributed by atoms with E-state index in [1.54, 1.807) is 12.1 Å². The summed E-state index contributed by atoms with van der Waals surface area (Å²) in [6, 6.07) is 14.1. The molecule has 4 heteroatoms. The van der Waals surface area contributed by atoms with Crippen LogP contribution in [-0.2, 0) is 19.0 Å². The van der Waals surface area contributed by atoms with Gasteiger partial charge in [-0.15, -0.1) is 0 Å². The van der Waals surface area contributed by atoms with Gasteiger partial charge in [0.1, 0.15) is 0 Å². The summed E-state index contributed by atoms with van der Waals surface area (Å²) in [5.74, 6) is 0.292. The van der Waals surface area contributed by atoms with E-state index in [4.69, 9.17) is 0 Å². The van der Waals surface area contributed by atoms with Crippen LogP contribution >= 0.6 is 0 Å². The van der Waals surface area contributed by atoms with Gasteiger partial charge in [-0.25, -0.2) is 0 Å². The van der Waals surface area contributed by atoms with Crippen LogP contribution in [0.4, 0.5) is 13.2 Å². The normalized spacial score (nSPS) is 13.0. The van der Waals surface area contributed by atoms with Crippen molar-refractivity contribution in [2.75, 3.05) is 13.6 Å². The van der Waals surface area contributed by atoms with E-state index >= 15 is 0 Å². The Labute approximate surface area is 141 Å². The summed E-state index contributed by atoms with van der Waals surface area (Å²) < 4.78 is 38.0. The lowest BCUT2D eigenvalue weighted by atomic mass is 9.88. The molecule has 24 heavy (non-hydrogen) atoms. The number of benzene rings is 2. The maximum Gasteiger partial charge on any atom is 0.416 e. The van der Waals surface area contributed by atoms with Crippen LogP contribution in [0.15, 0.2) is 48.5 Å². The zero-order valence-corrected chi connectivity index (χ0v) is 14.2. The van der Waals surface area contributed by atoms with Gasteiger partial charge < -0.3 is 5.32 Å². The van der Waals surface area contributed by atoms with Crippen molar-refractivity contribution < 1.29 is 13.2 Å². The Kier molecular flexibility index (Phi) is 6.44. The van der Waals surface area contributed by atoms with Crippen LogP contribution < -0.4 is 5.32 Å². The molecule has 1 atom stereocenters. The smallest absolute Gasteiger partial charge is 0.320 e. The zero-order chi connectivity index (χ0) is 17.6. The Bertz CT molecular complexity index is 615. The van der Waals surface area contributed by atoms with Gasteiger partial charge in [0.25, 0.3) is 0 Å². The summed E-state index contributed by atoms with van der Waals surface area (Å²) in [7, 11) is 1.91. The first-order chi connectivity index (χ1) is 11.4. The molecule has 0 fully saturated rings. The van der Waals surface area contributed by atoms with Gasteiger partial charge in [-0.3, -0.25) is 0 Å². The molecule has 0 heterocycles. The van der Waals surface area contributed by atoms with Crippen molar-refractivity contribution in [3.63, 3.8) is 0 Å². The van der Waals surface area contributed by atoms with E-state index in [1.165, 1.54) is 23.3 Å². The van der Waals surface area contributed by atoms with Crippen LogP contribution in [0.5, 0.6) is 0 Å². The Morgan fingerprint density at radius 3 is 2.00 bits per heavy atom. The average Bonchev–Trinajstić information content (AvgIpc) is 2.58. The number of rotatable bonds is 7. The van der Waals surface area contributed by atoms with Gasteiger partial charge in [-0.05, 0) is 67.6 Å². The third-order valence-corrected chi connectivity index (χ3v) is 4.37. The predicted molar refractivity (Wildman–Crippen MR) is 92.3 cm³/mol. The maximum absolute atomic E-state index is 12.7. The Morgan fingerprint density at radius 2 is 1.50 bits per heavy atom. The van der Waals surface area contributed by atoms with Gasteiger partial charge in [0.05, 0.1) is 5.56 Å². The molecule has 0 radical (unpaired) electrons. The SMILES string of the molecule is CCc1ccc(C(CCNC)Cc2ccc(C(F)(F)F)cc2)cc1. The minimum atomic E-state index is -4.28. The van der Waals surface area contributed by atoms with E-state index in [0.717, 1.165) is 31.4 Å². The molecule has 0 bridgehead atoms. The molecule has 0 aliphatic heterocycles. The molecule has 0 spiro atoms. The van der Waals surface area contributed by atoms with Crippen molar-refractivity contribution in [2.24, 2.45) is 0 Å². The summed E-state index contributed by atoms with van der Waals surface area (Å²) in [4.78, 5) is 0. The van der Waals surface area contributed by atoms with Crippen molar-refractivity contribution in [3.05, 3.63) is 70.8 Å². The lowest BCUT2D eigenvalue weighted by Gasteiger charge is -2.18. The molecule has 130 valence electrons. The molecule has 0 aromatic heterocycles. The number of aryl methyl sites for hydroxylation is 1. The van der Waals surface area contributed by atoms with Crippen molar-refractivity contribution in [1.82, 2.24) is 5.32 Å². The minimum absolute atomic E-state index is 0.292. The second kappa shape index (κ2) is 8.34. The fourth-order valence-electron chi connectivity index (χ4n) is 2.84. The molecule has 0 aliphatic rings. The molecule has 1 nitrogen and oxygen atoms in total. The lowest BCUT2D eigenvalue weighted by Crippen LogP contribution is -2.14. The largest absolute Gasteiger partial charge is 0.416 e. The third kappa shape index (κ3) is 5.10. The summed E-state index contributed by atoms with van der Waals surface area (Å²) in [6.07, 6.45) is -1.59. The number of nitrogens with one attached hydrogen (secondary N) is 1. The maximum atomic E-state index is 12.7. The Balaban J connectivity index is 2.15. The van der Waals surface area contributed by atoms with Crippen LogP contribution in [0.25, 0.3) is 0 Å². The fraction of sp³-hybridized carbons (Fsp3) is 0.400. The highest BCUT2D eigenvalue weighted by molar-refractivity contribution is 5.30. The first-order valence-electron chi connectivity index (χ1n) is 8.33. The number of hydrogen-bond donors (Lipinski definition) is 1. The van der Waals surface area contributed by atoms with Crippen molar-refractivity contribution in [3.8, 4) is 0 Å². The van der Waals surface area contributed by atoms with Gasteiger partial charge in [-0.2, -0.15) is 13.2 Å². The predicted octanol–water partition coefficient (Wildman–Crippen LogP) is 5.20. The van der Waals surface area contributed by atoms with E-state index in [1.807, 2.05) is 7.05 Å². The molecule has 1 unspecified atom stereocenters. The standard InChI is InChI=1S/C20H24F3N/c1-3-15-4-8-17(9-5-15)18(12-13-24-2)14-16-6-10-19(11-7-16)20(21,22)23/h4-11,18,24H,3,12-14H2,1-2H3. The topological polar surface area (TPSA) is 12.0 Å². The second-order valence-electron chi connectivity index (χ2n) is 6.08. The zero-order valence-electron chi connectivity index (χ0n) is 14.2. The highest BCUT2D eigenvalue weighted by Crippen LogP contribution is 2.30. The fourth-order valence-corrected chi connectivity index (χ4v) is 2.84. The van der Waals surface area contributed by atoms with Crippen molar-refractivity contribution in [2.45, 2.75) is 38.3 Å². The van der Waals surface area contributed by atoms with Gasteiger partial charge in [0.15, 0.2) is 0 Å². The van der Waals surface area contributed by atoms with Crippen LogP contribution in [0.1, 0.15) is 41.5 Å². The molecule has 0 saturated carbocycles. The number of halogens is 3. The molecule has 2 aromatic carbocycles. The second-order valence-corrected chi connectivity index (χ2v) is 6.08. The first kappa shape index (κ1) is 18.5. The van der Waals surface area contributed by atoms with E-state index in [0.29, 0.717) is 5.92 Å². The van der Waals surface area contributed by atoms with Crippen LogP contribution in [0.3, 0.4) is 0 Å². The quantitative estimate of drug-likeness (QED) is 0.733. The van der Waals surface area contributed by atoms with E-state index in [2.05, 4.69) is 36.5 Å². The summed E-state index contributed by atoms with van der Waals surface area (Å²) >= 11 is 0. The average molecular weight is 335 g/mol. The van der Waals surface area contributed by atoms with E-state index in [9.17, 15) is 13.2 Å². The van der Waals surface area contributed by atoms with Crippen LogP contribution in [0.2, 0.25) is 0 Å². The molecular weight excluding hydrogens is 311 g/mol.